The Morgan fingerprint density at radius 1 is 1.26 bits per heavy atom. The van der Waals surface area contributed by atoms with Gasteiger partial charge < -0.3 is 19.5 Å². The van der Waals surface area contributed by atoms with Crippen molar-refractivity contribution in [3.05, 3.63) is 47.7 Å². The largest absolute Gasteiger partial charge is 0.367 e. The van der Waals surface area contributed by atoms with Gasteiger partial charge in [0.2, 0.25) is 11.8 Å². The van der Waals surface area contributed by atoms with Gasteiger partial charge in [-0.2, -0.15) is 0 Å². The number of benzene rings is 1. The van der Waals surface area contributed by atoms with E-state index in [-0.39, 0.29) is 25.0 Å². The molecule has 27 heavy (non-hydrogen) atoms. The fourth-order valence-corrected chi connectivity index (χ4v) is 2.41. The molecule has 0 radical (unpaired) electrons. The molecule has 0 saturated carbocycles. The van der Waals surface area contributed by atoms with Crippen LogP contribution >= 0.6 is 0 Å². The fraction of sp³-hybridized carbons (Fsp3) is 0.450. The molecule has 1 aromatic heterocycles. The Labute approximate surface area is 159 Å². The minimum atomic E-state index is -0.316. The molecule has 0 atom stereocenters. The maximum absolute atomic E-state index is 12.5. The molecule has 7 heteroatoms. The zero-order valence-corrected chi connectivity index (χ0v) is 16.1. The summed E-state index contributed by atoms with van der Waals surface area (Å²) in [5, 5.41) is 6.37. The monoisotopic (exact) mass is 373 g/mol. The summed E-state index contributed by atoms with van der Waals surface area (Å²) in [6.45, 7) is 6.63. The van der Waals surface area contributed by atoms with Crippen molar-refractivity contribution in [2.45, 2.75) is 33.8 Å². The molecule has 2 rings (SSSR count). The van der Waals surface area contributed by atoms with Gasteiger partial charge in [-0.25, -0.2) is 0 Å². The topological polar surface area (TPSA) is 84.7 Å². The summed E-state index contributed by atoms with van der Waals surface area (Å²) in [7, 11) is 0. The number of rotatable bonds is 10. The summed E-state index contributed by atoms with van der Waals surface area (Å²) in [6.07, 6.45) is 0.806. The second-order valence-corrected chi connectivity index (χ2v) is 6.85. The van der Waals surface area contributed by atoms with E-state index in [0.717, 1.165) is 12.0 Å². The van der Waals surface area contributed by atoms with Gasteiger partial charge in [0, 0.05) is 12.6 Å². The van der Waals surface area contributed by atoms with Crippen LogP contribution in [0.15, 0.2) is 40.9 Å². The second-order valence-electron chi connectivity index (χ2n) is 6.85. The molecule has 0 aliphatic carbocycles. The number of hydrogen-bond donors (Lipinski definition) is 1. The molecule has 7 nitrogen and oxygen atoms in total. The summed E-state index contributed by atoms with van der Waals surface area (Å²) >= 11 is 0. The number of carbonyl (C=O) groups excluding carboxylic acids is 2. The smallest absolute Gasteiger partial charge is 0.249 e. The lowest BCUT2D eigenvalue weighted by molar-refractivity contribution is -0.139. The highest BCUT2D eigenvalue weighted by Crippen LogP contribution is 2.08. The number of anilines is 1. The summed E-state index contributed by atoms with van der Waals surface area (Å²) in [4.78, 5) is 26.3. The lowest BCUT2D eigenvalue weighted by Crippen LogP contribution is -2.41. The van der Waals surface area contributed by atoms with E-state index in [2.05, 4.69) is 24.3 Å². The van der Waals surface area contributed by atoms with Gasteiger partial charge in [0.1, 0.15) is 12.4 Å². The standard InChI is InChI=1S/C20H27N3O4/c1-15(2)9-10-23(12-19(24)21-18-11-16(3)27-22-18)20(25)14-26-13-17-7-5-4-6-8-17/h4-8,11,15H,9-10,12-14H2,1-3H3,(H,21,22,24). The zero-order valence-electron chi connectivity index (χ0n) is 16.1. The molecular formula is C20H27N3O4. The van der Waals surface area contributed by atoms with Crippen LogP contribution in [-0.2, 0) is 20.9 Å². The Bertz CT molecular complexity index is 728. The quantitative estimate of drug-likeness (QED) is 0.692. The molecule has 0 saturated heterocycles. The minimum Gasteiger partial charge on any atom is -0.367 e. The number of ether oxygens (including phenoxy) is 1. The number of carbonyl (C=O) groups is 2. The van der Waals surface area contributed by atoms with E-state index in [4.69, 9.17) is 9.26 Å². The molecule has 1 heterocycles. The van der Waals surface area contributed by atoms with Crippen molar-refractivity contribution in [3.63, 3.8) is 0 Å². The number of aromatic nitrogens is 1. The number of amides is 2. The van der Waals surface area contributed by atoms with E-state index >= 15 is 0 Å². The Hall–Kier alpha value is -2.67. The molecule has 0 aliphatic rings. The predicted molar refractivity (Wildman–Crippen MR) is 102 cm³/mol. The average molecular weight is 373 g/mol. The molecule has 0 aliphatic heterocycles. The average Bonchev–Trinajstić information content (AvgIpc) is 3.03. The molecule has 0 spiro atoms. The minimum absolute atomic E-state index is 0.0494. The van der Waals surface area contributed by atoms with Crippen LogP contribution in [0.2, 0.25) is 0 Å². The maximum atomic E-state index is 12.5. The fourth-order valence-electron chi connectivity index (χ4n) is 2.41. The second kappa shape index (κ2) is 10.5. The van der Waals surface area contributed by atoms with Crippen molar-refractivity contribution in [2.24, 2.45) is 5.92 Å². The van der Waals surface area contributed by atoms with Crippen LogP contribution in [0.4, 0.5) is 5.82 Å². The van der Waals surface area contributed by atoms with Crippen LogP contribution in [0.1, 0.15) is 31.6 Å². The molecule has 146 valence electrons. The van der Waals surface area contributed by atoms with Gasteiger partial charge in [-0.15, -0.1) is 0 Å². The third-order valence-corrected chi connectivity index (χ3v) is 3.90. The highest BCUT2D eigenvalue weighted by atomic mass is 16.5. The summed E-state index contributed by atoms with van der Waals surface area (Å²) in [6, 6.07) is 11.3. The zero-order chi connectivity index (χ0) is 19.6. The predicted octanol–water partition coefficient (Wildman–Crippen LogP) is 3.01. The van der Waals surface area contributed by atoms with E-state index < -0.39 is 0 Å². The Morgan fingerprint density at radius 3 is 2.63 bits per heavy atom. The summed E-state index contributed by atoms with van der Waals surface area (Å²) < 4.78 is 10.4. The van der Waals surface area contributed by atoms with Gasteiger partial charge in [-0.3, -0.25) is 9.59 Å². The lowest BCUT2D eigenvalue weighted by Gasteiger charge is -2.23. The van der Waals surface area contributed by atoms with Crippen LogP contribution in [-0.4, -0.2) is 41.6 Å². The summed E-state index contributed by atoms with van der Waals surface area (Å²) in [5.74, 6) is 0.842. The Kier molecular flexibility index (Phi) is 8.00. The van der Waals surface area contributed by atoms with Crippen molar-refractivity contribution in [1.29, 1.82) is 0 Å². The first kappa shape index (κ1) is 20.6. The molecular weight excluding hydrogens is 346 g/mol. The lowest BCUT2D eigenvalue weighted by atomic mass is 10.1. The van der Waals surface area contributed by atoms with Gasteiger partial charge in [0.15, 0.2) is 5.82 Å². The third-order valence-electron chi connectivity index (χ3n) is 3.90. The molecule has 2 aromatic rings. The van der Waals surface area contributed by atoms with Crippen molar-refractivity contribution >= 4 is 17.6 Å². The molecule has 1 N–H and O–H groups in total. The number of hydrogen-bond acceptors (Lipinski definition) is 5. The number of nitrogens with zero attached hydrogens (tertiary/aromatic N) is 2. The summed E-state index contributed by atoms with van der Waals surface area (Å²) in [5.41, 5.74) is 0.998. The van der Waals surface area contributed by atoms with Crippen LogP contribution in [0.3, 0.4) is 0 Å². The maximum Gasteiger partial charge on any atom is 0.249 e. The van der Waals surface area contributed by atoms with Crippen molar-refractivity contribution in [2.75, 3.05) is 25.0 Å². The molecule has 0 bridgehead atoms. The van der Waals surface area contributed by atoms with Crippen molar-refractivity contribution in [3.8, 4) is 0 Å². The van der Waals surface area contributed by atoms with Crippen LogP contribution in [0.25, 0.3) is 0 Å². The van der Waals surface area contributed by atoms with Crippen LogP contribution in [0.5, 0.6) is 0 Å². The first-order valence-electron chi connectivity index (χ1n) is 9.06. The first-order valence-corrected chi connectivity index (χ1v) is 9.06. The van der Waals surface area contributed by atoms with E-state index in [9.17, 15) is 9.59 Å². The van der Waals surface area contributed by atoms with Crippen molar-refractivity contribution in [1.82, 2.24) is 10.1 Å². The molecule has 1 aromatic carbocycles. The SMILES string of the molecule is Cc1cc(NC(=O)CN(CCC(C)C)C(=O)COCc2ccccc2)no1. The van der Waals surface area contributed by atoms with E-state index in [1.807, 2.05) is 30.3 Å². The van der Waals surface area contributed by atoms with Gasteiger partial charge in [-0.05, 0) is 24.8 Å². The van der Waals surface area contributed by atoms with E-state index in [1.54, 1.807) is 13.0 Å². The van der Waals surface area contributed by atoms with Crippen molar-refractivity contribution < 1.29 is 18.8 Å². The molecule has 2 amide bonds. The van der Waals surface area contributed by atoms with Crippen LogP contribution in [0, 0.1) is 12.8 Å². The number of aryl methyl sites for hydroxylation is 1. The Morgan fingerprint density at radius 2 is 2.00 bits per heavy atom. The third kappa shape index (κ3) is 7.62. The van der Waals surface area contributed by atoms with E-state index in [1.165, 1.54) is 4.90 Å². The van der Waals surface area contributed by atoms with Gasteiger partial charge >= 0.3 is 0 Å². The molecule has 0 fully saturated rings. The highest BCUT2D eigenvalue weighted by Gasteiger charge is 2.18. The van der Waals surface area contributed by atoms with Gasteiger partial charge in [-0.1, -0.05) is 49.3 Å². The highest BCUT2D eigenvalue weighted by molar-refractivity contribution is 5.93. The van der Waals surface area contributed by atoms with E-state index in [0.29, 0.717) is 30.6 Å². The molecule has 0 unspecified atom stereocenters. The number of nitrogens with one attached hydrogen (secondary N) is 1. The van der Waals surface area contributed by atoms with Crippen LogP contribution < -0.4 is 5.32 Å². The first-order chi connectivity index (χ1) is 12.9. The van der Waals surface area contributed by atoms with Gasteiger partial charge in [0.05, 0.1) is 13.2 Å². The Balaban J connectivity index is 1.87. The normalized spacial score (nSPS) is 10.8. The van der Waals surface area contributed by atoms with Gasteiger partial charge in [0.25, 0.3) is 0 Å².